The number of nitrogens with one attached hydrogen (secondary N) is 1. The van der Waals surface area contributed by atoms with Crippen LogP contribution < -0.4 is 5.32 Å². The van der Waals surface area contributed by atoms with E-state index in [0.717, 1.165) is 23.7 Å². The van der Waals surface area contributed by atoms with Gasteiger partial charge in [0.2, 0.25) is 0 Å². The van der Waals surface area contributed by atoms with Crippen molar-refractivity contribution in [2.75, 3.05) is 11.9 Å². The molecule has 0 spiro atoms. The van der Waals surface area contributed by atoms with Crippen LogP contribution in [0, 0.1) is 0 Å². The molecule has 7 nitrogen and oxygen atoms in total. The molecule has 27 heavy (non-hydrogen) atoms. The second kappa shape index (κ2) is 8.92. The summed E-state index contributed by atoms with van der Waals surface area (Å²) in [5.74, 6) is -0.559. The molecule has 0 atom stereocenters. The van der Waals surface area contributed by atoms with Crippen LogP contribution in [0.3, 0.4) is 0 Å². The summed E-state index contributed by atoms with van der Waals surface area (Å²) in [4.78, 5) is 33.8. The van der Waals surface area contributed by atoms with E-state index in [0.29, 0.717) is 22.3 Å². The lowest BCUT2D eigenvalue weighted by atomic mass is 10.2. The molecule has 0 unspecified atom stereocenters. The highest BCUT2D eigenvalue weighted by atomic mass is 32.1. The van der Waals surface area contributed by atoms with Crippen LogP contribution in [-0.2, 0) is 22.4 Å². The fourth-order valence-corrected chi connectivity index (χ4v) is 4.13. The van der Waals surface area contributed by atoms with Gasteiger partial charge in [-0.15, -0.1) is 11.3 Å². The number of ether oxygens (including phenoxy) is 1. The Morgan fingerprint density at radius 2 is 2.00 bits per heavy atom. The third kappa shape index (κ3) is 4.81. The molecule has 0 aliphatic rings. The maximum atomic E-state index is 12.8. The summed E-state index contributed by atoms with van der Waals surface area (Å²) in [5.41, 5.74) is 1.37. The van der Waals surface area contributed by atoms with E-state index >= 15 is 0 Å². The smallest absolute Gasteiger partial charge is 0.311 e. The third-order valence-corrected chi connectivity index (χ3v) is 5.52. The van der Waals surface area contributed by atoms with E-state index in [1.54, 1.807) is 12.3 Å². The monoisotopic (exact) mass is 404 g/mol. The molecule has 1 N–H and O–H groups in total. The number of thiazole rings is 2. The number of anilines is 1. The summed E-state index contributed by atoms with van der Waals surface area (Å²) in [5, 5.41) is 5.78. The lowest BCUT2D eigenvalue weighted by Gasteiger charge is -2.01. The molecule has 0 aliphatic carbocycles. The van der Waals surface area contributed by atoms with E-state index in [2.05, 4.69) is 22.2 Å². The normalized spacial score (nSPS) is 10.7. The molecule has 0 bridgehead atoms. The molecule has 3 aromatic rings. The zero-order valence-electron chi connectivity index (χ0n) is 15.1. The number of carbonyl (C=O) groups excluding carboxylic acids is 2. The summed E-state index contributed by atoms with van der Waals surface area (Å²) in [6.45, 7) is 4.15. The summed E-state index contributed by atoms with van der Waals surface area (Å²) in [6, 6.07) is 3.84. The molecule has 9 heteroatoms. The minimum atomic E-state index is -0.329. The predicted molar refractivity (Wildman–Crippen MR) is 106 cm³/mol. The van der Waals surface area contributed by atoms with Crippen molar-refractivity contribution in [1.29, 1.82) is 0 Å². The molecular weight excluding hydrogens is 384 g/mol. The highest BCUT2D eigenvalue weighted by Gasteiger charge is 2.20. The Kier molecular flexibility index (Phi) is 6.36. The lowest BCUT2D eigenvalue weighted by Crippen LogP contribution is -2.13. The third-order valence-electron chi connectivity index (χ3n) is 3.61. The molecule has 3 heterocycles. The molecule has 0 radical (unpaired) electrons. The standard InChI is InChI=1S/C18H20N4O3S2/c1-3-7-13-15(27-18(20-13)22-8-5-6-9-22)16(24)21-17-19-12(11-26-17)10-14(23)25-4-2/h5-6,8-9,11H,3-4,7,10H2,1-2H3,(H,19,21,24). The molecule has 3 aromatic heterocycles. The molecule has 0 fully saturated rings. The van der Waals surface area contributed by atoms with Gasteiger partial charge >= 0.3 is 5.97 Å². The number of amides is 1. The highest BCUT2D eigenvalue weighted by molar-refractivity contribution is 7.16. The quantitative estimate of drug-likeness (QED) is 0.579. The van der Waals surface area contributed by atoms with Crippen LogP contribution in [0.25, 0.3) is 5.13 Å². The Morgan fingerprint density at radius 1 is 1.22 bits per heavy atom. The van der Waals surface area contributed by atoms with E-state index in [1.165, 1.54) is 22.7 Å². The van der Waals surface area contributed by atoms with Crippen LogP contribution in [0.15, 0.2) is 29.9 Å². The van der Waals surface area contributed by atoms with Crippen molar-refractivity contribution < 1.29 is 14.3 Å². The van der Waals surface area contributed by atoms with Crippen LogP contribution in [-0.4, -0.2) is 33.0 Å². The van der Waals surface area contributed by atoms with E-state index in [9.17, 15) is 9.59 Å². The maximum absolute atomic E-state index is 12.8. The molecule has 0 saturated heterocycles. The van der Waals surface area contributed by atoms with Crippen molar-refractivity contribution >= 4 is 39.7 Å². The SMILES string of the molecule is CCCc1nc(-n2cccc2)sc1C(=O)Nc1nc(CC(=O)OCC)cs1. The molecule has 142 valence electrons. The molecular formula is C18H20N4O3S2. The maximum Gasteiger partial charge on any atom is 0.311 e. The number of aromatic nitrogens is 3. The van der Waals surface area contributed by atoms with Gasteiger partial charge in [-0.05, 0) is 25.5 Å². The summed E-state index contributed by atoms with van der Waals surface area (Å²) < 4.78 is 6.81. The van der Waals surface area contributed by atoms with Crippen LogP contribution in [0.2, 0.25) is 0 Å². The van der Waals surface area contributed by atoms with Gasteiger partial charge in [-0.2, -0.15) is 0 Å². The Hall–Kier alpha value is -2.52. The molecule has 0 aliphatic heterocycles. The van der Waals surface area contributed by atoms with Gasteiger partial charge in [0.15, 0.2) is 10.3 Å². The fourth-order valence-electron chi connectivity index (χ4n) is 2.45. The average Bonchev–Trinajstić information content (AvgIpc) is 3.36. The van der Waals surface area contributed by atoms with Gasteiger partial charge in [0, 0.05) is 17.8 Å². The first-order valence-electron chi connectivity index (χ1n) is 8.65. The van der Waals surface area contributed by atoms with Crippen LogP contribution in [0.1, 0.15) is 41.3 Å². The van der Waals surface area contributed by atoms with Crippen LogP contribution in [0.4, 0.5) is 5.13 Å². The topological polar surface area (TPSA) is 86.1 Å². The van der Waals surface area contributed by atoms with Crippen molar-refractivity contribution in [3.05, 3.63) is 46.2 Å². The fraction of sp³-hybridized carbons (Fsp3) is 0.333. The minimum Gasteiger partial charge on any atom is -0.466 e. The number of rotatable bonds is 8. The van der Waals surface area contributed by atoms with Crippen molar-refractivity contribution in [2.24, 2.45) is 0 Å². The number of carbonyl (C=O) groups is 2. The van der Waals surface area contributed by atoms with Crippen molar-refractivity contribution in [2.45, 2.75) is 33.1 Å². The number of nitrogens with zero attached hydrogens (tertiary/aromatic N) is 3. The number of hydrogen-bond acceptors (Lipinski definition) is 7. The zero-order chi connectivity index (χ0) is 19.2. The van der Waals surface area contributed by atoms with E-state index in [1.807, 2.05) is 29.1 Å². The Morgan fingerprint density at radius 3 is 2.70 bits per heavy atom. The van der Waals surface area contributed by atoms with Crippen molar-refractivity contribution in [3.63, 3.8) is 0 Å². The van der Waals surface area contributed by atoms with Gasteiger partial charge in [-0.3, -0.25) is 14.9 Å². The van der Waals surface area contributed by atoms with Crippen LogP contribution in [0.5, 0.6) is 0 Å². The molecule has 0 aromatic carbocycles. The molecule has 3 rings (SSSR count). The van der Waals surface area contributed by atoms with Gasteiger partial charge < -0.3 is 9.30 Å². The zero-order valence-corrected chi connectivity index (χ0v) is 16.7. The van der Waals surface area contributed by atoms with Gasteiger partial charge in [-0.25, -0.2) is 9.97 Å². The second-order valence-corrected chi connectivity index (χ2v) is 7.53. The molecule has 0 saturated carbocycles. The first kappa shape index (κ1) is 19.2. The largest absolute Gasteiger partial charge is 0.466 e. The van der Waals surface area contributed by atoms with Gasteiger partial charge in [0.05, 0.1) is 24.4 Å². The summed E-state index contributed by atoms with van der Waals surface area (Å²) in [7, 11) is 0. The predicted octanol–water partition coefficient (Wildman–Crippen LogP) is 3.70. The summed E-state index contributed by atoms with van der Waals surface area (Å²) in [6.07, 6.45) is 5.53. The Balaban J connectivity index is 1.74. The highest BCUT2D eigenvalue weighted by Crippen LogP contribution is 2.25. The van der Waals surface area contributed by atoms with Gasteiger partial charge in [0.25, 0.3) is 5.91 Å². The minimum absolute atomic E-state index is 0.0969. The second-order valence-electron chi connectivity index (χ2n) is 5.69. The Bertz CT molecular complexity index is 915. The number of hydrogen-bond donors (Lipinski definition) is 1. The number of aryl methyl sites for hydroxylation is 1. The van der Waals surface area contributed by atoms with Gasteiger partial charge in [0.1, 0.15) is 4.88 Å². The first-order chi connectivity index (χ1) is 13.1. The van der Waals surface area contributed by atoms with Crippen molar-refractivity contribution in [3.8, 4) is 5.13 Å². The first-order valence-corrected chi connectivity index (χ1v) is 10.3. The van der Waals surface area contributed by atoms with Crippen LogP contribution >= 0.6 is 22.7 Å². The average molecular weight is 405 g/mol. The van der Waals surface area contributed by atoms with E-state index in [-0.39, 0.29) is 18.3 Å². The van der Waals surface area contributed by atoms with E-state index in [4.69, 9.17) is 4.74 Å². The summed E-state index contributed by atoms with van der Waals surface area (Å²) >= 11 is 2.64. The van der Waals surface area contributed by atoms with Gasteiger partial charge in [-0.1, -0.05) is 24.7 Å². The number of esters is 1. The Labute approximate surface area is 165 Å². The molecule has 1 amide bonds. The van der Waals surface area contributed by atoms with Crippen molar-refractivity contribution in [1.82, 2.24) is 14.5 Å². The van der Waals surface area contributed by atoms with E-state index < -0.39 is 0 Å². The lowest BCUT2D eigenvalue weighted by molar-refractivity contribution is -0.142.